The summed E-state index contributed by atoms with van der Waals surface area (Å²) >= 11 is 1.50. The Hall–Kier alpha value is -0.970. The second-order valence-electron chi connectivity index (χ2n) is 1.81. The SMILES string of the molecule is COc1cc(SC)nc(N)n1. The third-order valence-electron chi connectivity index (χ3n) is 1.11. The van der Waals surface area contributed by atoms with Gasteiger partial charge < -0.3 is 10.5 Å². The van der Waals surface area contributed by atoms with Crippen molar-refractivity contribution in [3.8, 4) is 5.88 Å². The monoisotopic (exact) mass is 171 g/mol. The van der Waals surface area contributed by atoms with Crippen LogP contribution in [0.25, 0.3) is 0 Å². The van der Waals surface area contributed by atoms with Gasteiger partial charge in [-0.2, -0.15) is 4.98 Å². The molecule has 4 nitrogen and oxygen atoms in total. The zero-order chi connectivity index (χ0) is 8.27. The molecule has 0 saturated heterocycles. The summed E-state index contributed by atoms with van der Waals surface area (Å²) in [6.07, 6.45) is 1.92. The minimum Gasteiger partial charge on any atom is -0.481 e. The first-order valence-electron chi connectivity index (χ1n) is 2.99. The number of methoxy groups -OCH3 is 1. The lowest BCUT2D eigenvalue weighted by atomic mass is 10.6. The Morgan fingerprint density at radius 1 is 1.55 bits per heavy atom. The van der Waals surface area contributed by atoms with Crippen molar-refractivity contribution in [2.45, 2.75) is 5.03 Å². The molecule has 0 bridgehead atoms. The number of nitrogen functional groups attached to an aromatic ring is 1. The molecule has 0 fully saturated rings. The number of anilines is 1. The van der Waals surface area contributed by atoms with E-state index in [1.165, 1.54) is 11.8 Å². The van der Waals surface area contributed by atoms with E-state index < -0.39 is 0 Å². The fourth-order valence-electron chi connectivity index (χ4n) is 0.630. The zero-order valence-electron chi connectivity index (χ0n) is 6.37. The molecule has 0 saturated carbocycles. The molecule has 60 valence electrons. The van der Waals surface area contributed by atoms with Crippen molar-refractivity contribution in [3.05, 3.63) is 6.07 Å². The summed E-state index contributed by atoms with van der Waals surface area (Å²) < 4.78 is 4.89. The van der Waals surface area contributed by atoms with E-state index in [0.29, 0.717) is 5.88 Å². The Balaban J connectivity index is 3.02. The van der Waals surface area contributed by atoms with Crippen LogP contribution >= 0.6 is 11.8 Å². The standard InChI is InChI=1S/C6H9N3OS/c1-10-4-3-5(11-2)9-6(7)8-4/h3H,1-2H3,(H2,7,8,9). The van der Waals surface area contributed by atoms with Crippen LogP contribution < -0.4 is 10.5 Å². The van der Waals surface area contributed by atoms with Gasteiger partial charge >= 0.3 is 0 Å². The highest BCUT2D eigenvalue weighted by atomic mass is 32.2. The number of ether oxygens (including phenoxy) is 1. The number of nitrogens with two attached hydrogens (primary N) is 1. The molecule has 1 rings (SSSR count). The molecule has 1 aromatic heterocycles. The van der Waals surface area contributed by atoms with Crippen molar-refractivity contribution in [1.82, 2.24) is 9.97 Å². The van der Waals surface area contributed by atoms with E-state index in [9.17, 15) is 0 Å². The third kappa shape index (κ3) is 1.98. The van der Waals surface area contributed by atoms with Crippen molar-refractivity contribution in [3.63, 3.8) is 0 Å². The van der Waals surface area contributed by atoms with Gasteiger partial charge in [-0.3, -0.25) is 0 Å². The smallest absolute Gasteiger partial charge is 0.224 e. The quantitative estimate of drug-likeness (QED) is 0.526. The largest absolute Gasteiger partial charge is 0.481 e. The Morgan fingerprint density at radius 3 is 2.82 bits per heavy atom. The minimum atomic E-state index is 0.244. The topological polar surface area (TPSA) is 61.0 Å². The summed E-state index contributed by atoms with van der Waals surface area (Å²) in [4.78, 5) is 7.78. The maximum absolute atomic E-state index is 5.40. The lowest BCUT2D eigenvalue weighted by Gasteiger charge is -2.00. The summed E-state index contributed by atoms with van der Waals surface area (Å²) in [5, 5.41) is 0.814. The lowest BCUT2D eigenvalue weighted by Crippen LogP contribution is -1.98. The molecule has 0 aliphatic rings. The Labute approximate surface area is 69.2 Å². The average molecular weight is 171 g/mol. The molecular formula is C6H9N3OS. The van der Waals surface area contributed by atoms with Crippen LogP contribution in [0.15, 0.2) is 11.1 Å². The van der Waals surface area contributed by atoms with Crippen molar-refractivity contribution in [2.75, 3.05) is 19.1 Å². The van der Waals surface area contributed by atoms with Gasteiger partial charge in [0, 0.05) is 6.07 Å². The van der Waals surface area contributed by atoms with Crippen molar-refractivity contribution < 1.29 is 4.74 Å². The molecule has 0 aliphatic heterocycles. The van der Waals surface area contributed by atoms with Crippen molar-refractivity contribution in [2.24, 2.45) is 0 Å². The zero-order valence-corrected chi connectivity index (χ0v) is 7.18. The van der Waals surface area contributed by atoms with Gasteiger partial charge in [-0.1, -0.05) is 0 Å². The van der Waals surface area contributed by atoms with Crippen LogP contribution in [0.4, 0.5) is 5.95 Å². The van der Waals surface area contributed by atoms with Crippen LogP contribution in [0.2, 0.25) is 0 Å². The summed E-state index contributed by atoms with van der Waals surface area (Å²) in [5.41, 5.74) is 5.40. The van der Waals surface area contributed by atoms with Gasteiger partial charge in [-0.05, 0) is 6.26 Å². The Bertz CT molecular complexity index is 231. The van der Waals surface area contributed by atoms with Crippen LogP contribution in [0.5, 0.6) is 5.88 Å². The second kappa shape index (κ2) is 3.43. The van der Waals surface area contributed by atoms with E-state index in [4.69, 9.17) is 10.5 Å². The first-order chi connectivity index (χ1) is 5.26. The summed E-state index contributed by atoms with van der Waals surface area (Å²) in [7, 11) is 1.55. The van der Waals surface area contributed by atoms with Gasteiger partial charge in [0.15, 0.2) is 0 Å². The molecule has 5 heteroatoms. The van der Waals surface area contributed by atoms with E-state index in [2.05, 4.69) is 9.97 Å². The highest BCUT2D eigenvalue weighted by Crippen LogP contribution is 2.17. The average Bonchev–Trinajstić information content (AvgIpc) is 2.03. The number of aromatic nitrogens is 2. The molecule has 0 spiro atoms. The van der Waals surface area contributed by atoms with E-state index in [1.54, 1.807) is 13.2 Å². The molecular weight excluding hydrogens is 162 g/mol. The fraction of sp³-hybridized carbons (Fsp3) is 0.333. The van der Waals surface area contributed by atoms with Crippen LogP contribution in [0, 0.1) is 0 Å². The highest BCUT2D eigenvalue weighted by Gasteiger charge is 1.99. The summed E-state index contributed by atoms with van der Waals surface area (Å²) in [6, 6.07) is 1.74. The van der Waals surface area contributed by atoms with Gasteiger partial charge in [0.1, 0.15) is 5.03 Å². The number of hydrogen-bond acceptors (Lipinski definition) is 5. The third-order valence-corrected chi connectivity index (χ3v) is 1.74. The van der Waals surface area contributed by atoms with Crippen LogP contribution in [0.1, 0.15) is 0 Å². The van der Waals surface area contributed by atoms with Crippen LogP contribution in [-0.4, -0.2) is 23.3 Å². The van der Waals surface area contributed by atoms with E-state index in [1.807, 2.05) is 6.26 Å². The van der Waals surface area contributed by atoms with E-state index >= 15 is 0 Å². The predicted molar refractivity (Wildman–Crippen MR) is 44.8 cm³/mol. The van der Waals surface area contributed by atoms with E-state index in [-0.39, 0.29) is 5.95 Å². The maximum atomic E-state index is 5.40. The van der Waals surface area contributed by atoms with Gasteiger partial charge in [0.25, 0.3) is 0 Å². The molecule has 0 aliphatic carbocycles. The number of rotatable bonds is 2. The first-order valence-corrected chi connectivity index (χ1v) is 4.21. The Kier molecular flexibility index (Phi) is 2.53. The molecule has 0 radical (unpaired) electrons. The van der Waals surface area contributed by atoms with Gasteiger partial charge in [-0.25, -0.2) is 4.98 Å². The Morgan fingerprint density at radius 2 is 2.27 bits per heavy atom. The normalized spacial score (nSPS) is 9.64. The summed E-state index contributed by atoms with van der Waals surface area (Å²) in [5.74, 6) is 0.746. The number of nitrogens with zero attached hydrogens (tertiary/aromatic N) is 2. The second-order valence-corrected chi connectivity index (χ2v) is 2.64. The molecule has 11 heavy (non-hydrogen) atoms. The molecule has 1 aromatic rings. The van der Waals surface area contributed by atoms with Gasteiger partial charge in [-0.15, -0.1) is 11.8 Å². The molecule has 0 amide bonds. The molecule has 2 N–H and O–H groups in total. The van der Waals surface area contributed by atoms with Gasteiger partial charge in [0.2, 0.25) is 11.8 Å². The lowest BCUT2D eigenvalue weighted by molar-refractivity contribution is 0.396. The van der Waals surface area contributed by atoms with Crippen LogP contribution in [-0.2, 0) is 0 Å². The first kappa shape index (κ1) is 8.13. The van der Waals surface area contributed by atoms with Crippen LogP contribution in [0.3, 0.4) is 0 Å². The molecule has 0 atom stereocenters. The number of hydrogen-bond donors (Lipinski definition) is 1. The van der Waals surface area contributed by atoms with Crippen molar-refractivity contribution >= 4 is 17.7 Å². The van der Waals surface area contributed by atoms with E-state index in [0.717, 1.165) is 5.03 Å². The van der Waals surface area contributed by atoms with Gasteiger partial charge in [0.05, 0.1) is 7.11 Å². The highest BCUT2D eigenvalue weighted by molar-refractivity contribution is 7.98. The fourth-order valence-corrected chi connectivity index (χ4v) is 1.03. The molecule has 0 unspecified atom stereocenters. The maximum Gasteiger partial charge on any atom is 0.224 e. The predicted octanol–water partition coefficient (Wildman–Crippen LogP) is 0.789. The molecule has 1 heterocycles. The number of thioether (sulfide) groups is 1. The summed E-state index contributed by atoms with van der Waals surface area (Å²) in [6.45, 7) is 0. The molecule has 0 aromatic carbocycles. The minimum absolute atomic E-state index is 0.244. The van der Waals surface area contributed by atoms with Crippen molar-refractivity contribution in [1.29, 1.82) is 0 Å².